The van der Waals surface area contributed by atoms with E-state index in [4.69, 9.17) is 0 Å². The normalized spacial score (nSPS) is 12.5. The second kappa shape index (κ2) is 6.32. The van der Waals surface area contributed by atoms with Gasteiger partial charge in [0.05, 0.1) is 11.8 Å². The van der Waals surface area contributed by atoms with E-state index in [1.54, 1.807) is 34.8 Å². The van der Waals surface area contributed by atoms with Crippen molar-refractivity contribution in [3.05, 3.63) is 24.0 Å². The van der Waals surface area contributed by atoms with Crippen LogP contribution in [0.4, 0.5) is 0 Å². The summed E-state index contributed by atoms with van der Waals surface area (Å²) in [6.07, 6.45) is 1.01. The molecule has 1 heterocycles. The Kier molecular flexibility index (Phi) is 5.06. The number of nitrogens with one attached hydrogen (secondary N) is 1. The Hall–Kier alpha value is -1.66. The van der Waals surface area contributed by atoms with Crippen LogP contribution in [-0.2, 0) is 11.8 Å². The maximum absolute atomic E-state index is 11.7. The molecule has 2 N–H and O–H groups in total. The fourth-order valence-electron chi connectivity index (χ4n) is 1.59. The SMILES string of the molecule is CN(C)CC(O)CNC(=O)C(=O)c1cccn1C. The minimum atomic E-state index is -0.699. The summed E-state index contributed by atoms with van der Waals surface area (Å²) in [5, 5.41) is 12.0. The maximum atomic E-state index is 11.7. The molecule has 6 heteroatoms. The van der Waals surface area contributed by atoms with Crippen LogP contribution in [0.25, 0.3) is 0 Å². The Labute approximate surface area is 106 Å². The Morgan fingerprint density at radius 3 is 2.67 bits per heavy atom. The number of nitrogens with zero attached hydrogens (tertiary/aromatic N) is 2. The van der Waals surface area contributed by atoms with E-state index in [1.165, 1.54) is 0 Å². The average molecular weight is 253 g/mol. The smallest absolute Gasteiger partial charge is 0.294 e. The summed E-state index contributed by atoms with van der Waals surface area (Å²) in [5.74, 6) is -1.30. The van der Waals surface area contributed by atoms with Crippen LogP contribution in [0.5, 0.6) is 0 Å². The number of aromatic nitrogens is 1. The molecule has 0 fully saturated rings. The van der Waals surface area contributed by atoms with Gasteiger partial charge in [-0.05, 0) is 26.2 Å². The van der Waals surface area contributed by atoms with E-state index in [0.29, 0.717) is 12.2 Å². The van der Waals surface area contributed by atoms with Gasteiger partial charge in [-0.3, -0.25) is 9.59 Å². The molecule has 0 radical (unpaired) electrons. The van der Waals surface area contributed by atoms with Gasteiger partial charge in [-0.2, -0.15) is 0 Å². The van der Waals surface area contributed by atoms with Crippen molar-refractivity contribution in [3.63, 3.8) is 0 Å². The van der Waals surface area contributed by atoms with Crippen LogP contribution < -0.4 is 5.32 Å². The fourth-order valence-corrected chi connectivity index (χ4v) is 1.59. The first-order valence-corrected chi connectivity index (χ1v) is 5.68. The fraction of sp³-hybridized carbons (Fsp3) is 0.500. The number of rotatable bonds is 6. The standard InChI is InChI=1S/C12H19N3O3/c1-14(2)8-9(16)7-13-12(18)11(17)10-5-4-6-15(10)3/h4-6,9,16H,7-8H2,1-3H3,(H,13,18). The number of carbonyl (C=O) groups excluding carboxylic acids is 2. The largest absolute Gasteiger partial charge is 0.390 e. The predicted octanol–water partition coefficient (Wildman–Crippen LogP) is -0.753. The summed E-state index contributed by atoms with van der Waals surface area (Å²) in [4.78, 5) is 25.1. The molecule has 18 heavy (non-hydrogen) atoms. The number of Topliss-reactive ketones (excluding diaryl/α,β-unsaturated/α-hetero) is 1. The van der Waals surface area contributed by atoms with Crippen molar-refractivity contribution in [2.45, 2.75) is 6.10 Å². The highest BCUT2D eigenvalue weighted by Crippen LogP contribution is 2.00. The number of aliphatic hydroxyl groups is 1. The minimum absolute atomic E-state index is 0.0627. The molecule has 0 bridgehead atoms. The van der Waals surface area contributed by atoms with Gasteiger partial charge in [-0.15, -0.1) is 0 Å². The third-order valence-corrected chi connectivity index (χ3v) is 2.46. The quantitative estimate of drug-likeness (QED) is 0.516. The van der Waals surface area contributed by atoms with E-state index in [-0.39, 0.29) is 6.54 Å². The Balaban J connectivity index is 2.47. The van der Waals surface area contributed by atoms with Crippen LogP contribution in [-0.4, -0.2) is 59.6 Å². The lowest BCUT2D eigenvalue weighted by Crippen LogP contribution is -2.40. The lowest BCUT2D eigenvalue weighted by molar-refractivity contribution is -0.117. The molecule has 0 spiro atoms. The van der Waals surface area contributed by atoms with Crippen LogP contribution in [0.3, 0.4) is 0 Å². The molecule has 6 nitrogen and oxygen atoms in total. The first-order chi connectivity index (χ1) is 8.41. The van der Waals surface area contributed by atoms with Gasteiger partial charge in [-0.25, -0.2) is 0 Å². The number of hydrogen-bond donors (Lipinski definition) is 2. The molecule has 0 aliphatic rings. The third-order valence-electron chi connectivity index (χ3n) is 2.46. The molecule has 1 unspecified atom stereocenters. The highest BCUT2D eigenvalue weighted by atomic mass is 16.3. The van der Waals surface area contributed by atoms with E-state index in [2.05, 4.69) is 5.32 Å². The molecule has 0 saturated carbocycles. The van der Waals surface area contributed by atoms with Crippen LogP contribution >= 0.6 is 0 Å². The monoisotopic (exact) mass is 253 g/mol. The first-order valence-electron chi connectivity index (χ1n) is 5.68. The summed E-state index contributed by atoms with van der Waals surface area (Å²) in [6, 6.07) is 3.28. The van der Waals surface area contributed by atoms with Gasteiger partial charge in [-0.1, -0.05) is 0 Å². The van der Waals surface area contributed by atoms with E-state index in [9.17, 15) is 14.7 Å². The first kappa shape index (κ1) is 14.4. The third kappa shape index (κ3) is 3.97. The van der Waals surface area contributed by atoms with E-state index >= 15 is 0 Å². The number of carbonyl (C=O) groups is 2. The van der Waals surface area contributed by atoms with Gasteiger partial charge in [0.25, 0.3) is 11.7 Å². The molecule has 100 valence electrons. The van der Waals surface area contributed by atoms with E-state index in [0.717, 1.165) is 0 Å². The van der Waals surface area contributed by atoms with Crippen LogP contribution in [0.2, 0.25) is 0 Å². The Bertz CT molecular complexity index is 426. The molecule has 1 rings (SSSR count). The number of ketones is 1. The Morgan fingerprint density at radius 1 is 1.50 bits per heavy atom. The summed E-state index contributed by atoms with van der Waals surface area (Å²) in [6.45, 7) is 0.492. The van der Waals surface area contributed by atoms with Crippen LogP contribution in [0, 0.1) is 0 Å². The molecule has 0 saturated heterocycles. The van der Waals surface area contributed by atoms with Crippen molar-refractivity contribution in [3.8, 4) is 0 Å². The molecule has 0 aliphatic carbocycles. The summed E-state index contributed by atoms with van der Waals surface area (Å²) in [7, 11) is 5.34. The van der Waals surface area contributed by atoms with Crippen molar-refractivity contribution < 1.29 is 14.7 Å². The van der Waals surface area contributed by atoms with Gasteiger partial charge in [0.15, 0.2) is 0 Å². The summed E-state index contributed by atoms with van der Waals surface area (Å²) in [5.41, 5.74) is 0.328. The zero-order chi connectivity index (χ0) is 13.7. The summed E-state index contributed by atoms with van der Waals surface area (Å²) < 4.78 is 1.58. The van der Waals surface area contributed by atoms with Crippen LogP contribution in [0.1, 0.15) is 10.5 Å². The summed E-state index contributed by atoms with van der Waals surface area (Å²) >= 11 is 0. The van der Waals surface area contributed by atoms with Crippen molar-refractivity contribution >= 4 is 11.7 Å². The topological polar surface area (TPSA) is 74.6 Å². The molecule has 1 aromatic rings. The molecule has 1 atom stereocenters. The molecule has 0 aliphatic heterocycles. The molecule has 1 amide bonds. The van der Waals surface area contributed by atoms with Gasteiger partial charge in [0, 0.05) is 26.3 Å². The molecular weight excluding hydrogens is 234 g/mol. The van der Waals surface area contributed by atoms with E-state index in [1.807, 2.05) is 14.1 Å². The minimum Gasteiger partial charge on any atom is -0.390 e. The lowest BCUT2D eigenvalue weighted by atomic mass is 10.2. The lowest BCUT2D eigenvalue weighted by Gasteiger charge is -2.16. The van der Waals surface area contributed by atoms with Gasteiger partial charge in [0.1, 0.15) is 0 Å². The number of amides is 1. The second-order valence-electron chi connectivity index (χ2n) is 4.46. The van der Waals surface area contributed by atoms with Gasteiger partial charge < -0.3 is 19.9 Å². The number of likely N-dealkylation sites (N-methyl/N-ethyl adjacent to an activating group) is 1. The zero-order valence-electron chi connectivity index (χ0n) is 10.9. The zero-order valence-corrected chi connectivity index (χ0v) is 10.9. The van der Waals surface area contributed by atoms with Gasteiger partial charge >= 0.3 is 0 Å². The number of aryl methyl sites for hydroxylation is 1. The Morgan fingerprint density at radius 2 is 2.17 bits per heavy atom. The number of hydrogen-bond acceptors (Lipinski definition) is 4. The van der Waals surface area contributed by atoms with Crippen molar-refractivity contribution in [1.29, 1.82) is 0 Å². The van der Waals surface area contributed by atoms with Crippen molar-refractivity contribution in [2.75, 3.05) is 27.2 Å². The van der Waals surface area contributed by atoms with Crippen molar-refractivity contribution in [1.82, 2.24) is 14.8 Å². The van der Waals surface area contributed by atoms with Crippen LogP contribution in [0.15, 0.2) is 18.3 Å². The molecule has 0 aromatic carbocycles. The maximum Gasteiger partial charge on any atom is 0.294 e. The number of aliphatic hydroxyl groups excluding tert-OH is 1. The molecule has 1 aromatic heterocycles. The average Bonchev–Trinajstić information content (AvgIpc) is 2.70. The molecular formula is C12H19N3O3. The predicted molar refractivity (Wildman–Crippen MR) is 67.3 cm³/mol. The van der Waals surface area contributed by atoms with Crippen molar-refractivity contribution in [2.24, 2.45) is 7.05 Å². The highest BCUT2D eigenvalue weighted by molar-refractivity contribution is 6.42. The second-order valence-corrected chi connectivity index (χ2v) is 4.46. The van der Waals surface area contributed by atoms with Gasteiger partial charge in [0.2, 0.25) is 0 Å². The van der Waals surface area contributed by atoms with E-state index < -0.39 is 17.8 Å². The highest BCUT2D eigenvalue weighted by Gasteiger charge is 2.19.